The number of aryl methyl sites for hydroxylation is 1. The first-order chi connectivity index (χ1) is 7.00. The molecule has 3 nitrogen and oxygen atoms in total. The largest absolute Gasteiger partial charge is 0.481 e. The lowest BCUT2D eigenvalue weighted by Crippen LogP contribution is -2.10. The number of aliphatic carboxylic acids is 1. The quantitative estimate of drug-likeness (QED) is 0.785. The van der Waals surface area contributed by atoms with Crippen molar-refractivity contribution in [1.82, 2.24) is 0 Å². The van der Waals surface area contributed by atoms with E-state index in [0.717, 1.165) is 10.4 Å². The van der Waals surface area contributed by atoms with Crippen LogP contribution in [-0.4, -0.2) is 16.9 Å². The molecule has 15 heavy (non-hydrogen) atoms. The Morgan fingerprint density at radius 1 is 1.47 bits per heavy atom. The smallest absolute Gasteiger partial charge is 0.303 e. The summed E-state index contributed by atoms with van der Waals surface area (Å²) >= 11 is 1.42. The Balaban J connectivity index is 2.56. The number of hydrogen-bond donors (Lipinski definition) is 1. The van der Waals surface area contributed by atoms with Crippen LogP contribution in [0.1, 0.15) is 35.0 Å². The lowest BCUT2D eigenvalue weighted by atomic mass is 9.99. The van der Waals surface area contributed by atoms with Crippen LogP contribution in [0.25, 0.3) is 0 Å². The zero-order valence-corrected chi connectivity index (χ0v) is 9.63. The minimum absolute atomic E-state index is 0.0517. The van der Waals surface area contributed by atoms with Crippen LogP contribution in [-0.2, 0) is 4.79 Å². The molecule has 0 amide bonds. The van der Waals surface area contributed by atoms with Gasteiger partial charge in [0.2, 0.25) is 0 Å². The van der Waals surface area contributed by atoms with Crippen molar-refractivity contribution in [2.24, 2.45) is 5.92 Å². The van der Waals surface area contributed by atoms with E-state index in [1.54, 1.807) is 6.92 Å². The average Bonchev–Trinajstić information content (AvgIpc) is 2.49. The van der Waals surface area contributed by atoms with E-state index in [4.69, 9.17) is 5.11 Å². The second-order valence-corrected chi connectivity index (χ2v) is 4.68. The van der Waals surface area contributed by atoms with Crippen LogP contribution in [0.4, 0.5) is 0 Å². The van der Waals surface area contributed by atoms with E-state index in [-0.39, 0.29) is 18.1 Å². The topological polar surface area (TPSA) is 54.4 Å². The number of carbonyl (C=O) groups is 2. The standard InChI is InChI=1S/C11H14O3S/c1-7(6-10(13)14)5-9(12)11-8(2)3-4-15-11/h3-4,7H,5-6H2,1-2H3,(H,13,14)/t7-/m1/s1. The summed E-state index contributed by atoms with van der Waals surface area (Å²) < 4.78 is 0. The Bertz CT molecular complexity index is 368. The molecule has 0 unspecified atom stereocenters. The van der Waals surface area contributed by atoms with Gasteiger partial charge in [0.05, 0.1) is 4.88 Å². The van der Waals surface area contributed by atoms with Gasteiger partial charge in [-0.3, -0.25) is 9.59 Å². The van der Waals surface area contributed by atoms with E-state index in [2.05, 4.69) is 0 Å². The number of carboxylic acids is 1. The highest BCUT2D eigenvalue weighted by Crippen LogP contribution is 2.20. The van der Waals surface area contributed by atoms with Gasteiger partial charge in [0.15, 0.2) is 5.78 Å². The van der Waals surface area contributed by atoms with Gasteiger partial charge in [0, 0.05) is 12.8 Å². The van der Waals surface area contributed by atoms with Gasteiger partial charge in [-0.25, -0.2) is 0 Å². The molecule has 1 atom stereocenters. The maximum Gasteiger partial charge on any atom is 0.303 e. The SMILES string of the molecule is Cc1ccsc1C(=O)C[C@@H](C)CC(=O)O. The van der Waals surface area contributed by atoms with E-state index < -0.39 is 5.97 Å². The highest BCUT2D eigenvalue weighted by molar-refractivity contribution is 7.12. The summed E-state index contributed by atoms with van der Waals surface area (Å²) in [6.07, 6.45) is 0.365. The van der Waals surface area contributed by atoms with Gasteiger partial charge in [-0.05, 0) is 29.9 Å². The van der Waals surface area contributed by atoms with Crippen LogP contribution >= 0.6 is 11.3 Å². The molecule has 1 aromatic heterocycles. The Kier molecular flexibility index (Phi) is 4.03. The van der Waals surface area contributed by atoms with Crippen molar-refractivity contribution in [3.8, 4) is 0 Å². The molecular formula is C11H14O3S. The first-order valence-corrected chi connectivity index (χ1v) is 5.67. The lowest BCUT2D eigenvalue weighted by molar-refractivity contribution is -0.137. The number of hydrogen-bond acceptors (Lipinski definition) is 3. The molecule has 1 aromatic rings. The maximum atomic E-state index is 11.7. The molecule has 0 saturated heterocycles. The minimum atomic E-state index is -0.849. The van der Waals surface area contributed by atoms with Crippen LogP contribution in [0.5, 0.6) is 0 Å². The van der Waals surface area contributed by atoms with Crippen LogP contribution in [0.15, 0.2) is 11.4 Å². The number of Topliss-reactive ketones (excluding diaryl/α,β-unsaturated/α-hetero) is 1. The summed E-state index contributed by atoms with van der Waals surface area (Å²) in [7, 11) is 0. The molecule has 1 rings (SSSR count). The highest BCUT2D eigenvalue weighted by Gasteiger charge is 2.16. The van der Waals surface area contributed by atoms with Gasteiger partial charge in [-0.2, -0.15) is 0 Å². The third kappa shape index (κ3) is 3.47. The number of carboxylic acid groups (broad SMARTS) is 1. The van der Waals surface area contributed by atoms with Gasteiger partial charge in [-0.15, -0.1) is 11.3 Å². The molecule has 0 fully saturated rings. The van der Waals surface area contributed by atoms with E-state index in [1.807, 2.05) is 18.4 Å². The molecule has 0 radical (unpaired) electrons. The molecule has 0 spiro atoms. The van der Waals surface area contributed by atoms with E-state index in [0.29, 0.717) is 6.42 Å². The van der Waals surface area contributed by atoms with Crippen LogP contribution < -0.4 is 0 Å². The van der Waals surface area contributed by atoms with Gasteiger partial charge in [-0.1, -0.05) is 6.92 Å². The zero-order valence-electron chi connectivity index (χ0n) is 8.82. The molecular weight excluding hydrogens is 212 g/mol. The van der Waals surface area contributed by atoms with Crippen LogP contribution in [0.3, 0.4) is 0 Å². The lowest BCUT2D eigenvalue weighted by Gasteiger charge is -2.06. The summed E-state index contributed by atoms with van der Waals surface area (Å²) in [4.78, 5) is 22.9. The molecule has 4 heteroatoms. The Morgan fingerprint density at radius 2 is 2.13 bits per heavy atom. The van der Waals surface area contributed by atoms with Crippen molar-refractivity contribution in [3.05, 3.63) is 21.9 Å². The first kappa shape index (κ1) is 11.9. The molecule has 82 valence electrons. The average molecular weight is 226 g/mol. The summed E-state index contributed by atoms with van der Waals surface area (Å²) in [5, 5.41) is 10.5. The molecule has 0 aromatic carbocycles. The van der Waals surface area contributed by atoms with E-state index in [1.165, 1.54) is 11.3 Å². The molecule has 1 heterocycles. The fourth-order valence-electron chi connectivity index (χ4n) is 1.44. The third-order valence-corrected chi connectivity index (χ3v) is 3.23. The molecule has 0 aliphatic carbocycles. The molecule has 1 N–H and O–H groups in total. The second-order valence-electron chi connectivity index (χ2n) is 3.76. The van der Waals surface area contributed by atoms with Crippen molar-refractivity contribution < 1.29 is 14.7 Å². The minimum Gasteiger partial charge on any atom is -0.481 e. The van der Waals surface area contributed by atoms with Crippen LogP contribution in [0.2, 0.25) is 0 Å². The first-order valence-electron chi connectivity index (χ1n) is 4.79. The predicted molar refractivity (Wildman–Crippen MR) is 59.4 cm³/mol. The Morgan fingerprint density at radius 3 is 2.60 bits per heavy atom. The van der Waals surface area contributed by atoms with Crippen LogP contribution in [0, 0.1) is 12.8 Å². The zero-order chi connectivity index (χ0) is 11.4. The number of thiophene rings is 1. The fraction of sp³-hybridized carbons (Fsp3) is 0.455. The molecule has 0 aliphatic rings. The summed E-state index contributed by atoms with van der Waals surface area (Å²) in [6, 6.07) is 1.90. The third-order valence-electron chi connectivity index (χ3n) is 2.17. The fourth-order valence-corrected chi connectivity index (χ4v) is 2.31. The molecule has 0 saturated carbocycles. The summed E-state index contributed by atoms with van der Waals surface area (Å²) in [5.41, 5.74) is 0.979. The number of ketones is 1. The molecule has 0 aliphatic heterocycles. The van der Waals surface area contributed by atoms with Gasteiger partial charge in [0.1, 0.15) is 0 Å². The summed E-state index contributed by atoms with van der Waals surface area (Å²) in [6.45, 7) is 3.68. The van der Waals surface area contributed by atoms with Crippen molar-refractivity contribution in [1.29, 1.82) is 0 Å². The van der Waals surface area contributed by atoms with E-state index >= 15 is 0 Å². The normalized spacial score (nSPS) is 12.4. The monoisotopic (exact) mass is 226 g/mol. The van der Waals surface area contributed by atoms with Gasteiger partial charge < -0.3 is 5.11 Å². The van der Waals surface area contributed by atoms with Crippen molar-refractivity contribution >= 4 is 23.1 Å². The highest BCUT2D eigenvalue weighted by atomic mass is 32.1. The second kappa shape index (κ2) is 5.07. The predicted octanol–water partition coefficient (Wildman–Crippen LogP) is 2.74. The van der Waals surface area contributed by atoms with Crippen molar-refractivity contribution in [3.63, 3.8) is 0 Å². The summed E-state index contributed by atoms with van der Waals surface area (Å²) in [5.74, 6) is -0.897. The van der Waals surface area contributed by atoms with Crippen molar-refractivity contribution in [2.45, 2.75) is 26.7 Å². The van der Waals surface area contributed by atoms with E-state index in [9.17, 15) is 9.59 Å². The Hall–Kier alpha value is -1.16. The van der Waals surface area contributed by atoms with Gasteiger partial charge in [0.25, 0.3) is 0 Å². The molecule has 0 bridgehead atoms. The van der Waals surface area contributed by atoms with Gasteiger partial charge >= 0.3 is 5.97 Å². The van der Waals surface area contributed by atoms with Crippen molar-refractivity contribution in [2.75, 3.05) is 0 Å². The number of carbonyl (C=O) groups excluding carboxylic acids is 1. The number of rotatable bonds is 5. The maximum absolute atomic E-state index is 11.7. The Labute approximate surface area is 92.7 Å².